The molecule has 0 amide bonds. The molecule has 0 fully saturated rings. The molecule has 0 spiro atoms. The van der Waals surface area contributed by atoms with E-state index in [1.54, 1.807) is 0 Å². The Kier molecular flexibility index (Phi) is 5.19. The van der Waals surface area contributed by atoms with Crippen molar-refractivity contribution in [3.8, 4) is 22.3 Å². The molecular weight excluding hydrogens is 458 g/mol. The molecule has 1 aliphatic carbocycles. The molecule has 0 bridgehead atoms. The van der Waals surface area contributed by atoms with E-state index in [0.717, 1.165) is 11.4 Å². The smallest absolute Gasteiger partial charge is 0.0508 e. The van der Waals surface area contributed by atoms with E-state index in [1.807, 2.05) is 0 Å². The maximum Gasteiger partial charge on any atom is 0.0508 e. The number of hydrogen-bond acceptors (Lipinski definition) is 1. The number of hydrogen-bond donors (Lipinski definition) is 0. The number of nitrogens with zero attached hydrogens (tertiary/aromatic N) is 1. The Hall–Kier alpha value is -4.62. The molecule has 6 aromatic carbocycles. The summed E-state index contributed by atoms with van der Waals surface area (Å²) >= 11 is 0. The van der Waals surface area contributed by atoms with Crippen molar-refractivity contribution in [2.75, 3.05) is 4.90 Å². The van der Waals surface area contributed by atoms with Crippen molar-refractivity contribution in [2.24, 2.45) is 0 Å². The molecule has 0 radical (unpaired) electrons. The van der Waals surface area contributed by atoms with Crippen molar-refractivity contribution < 1.29 is 0 Å². The molecule has 0 aromatic heterocycles. The largest absolute Gasteiger partial charge is 0.310 e. The highest BCUT2D eigenvalue weighted by atomic mass is 15.1. The fourth-order valence-electron chi connectivity index (χ4n) is 6.18. The van der Waals surface area contributed by atoms with E-state index in [-0.39, 0.29) is 5.41 Å². The second-order valence-electron chi connectivity index (χ2n) is 10.7. The molecule has 182 valence electrons. The van der Waals surface area contributed by atoms with E-state index in [9.17, 15) is 0 Å². The lowest BCUT2D eigenvalue weighted by molar-refractivity contribution is 0.661. The average molecular weight is 488 g/mol. The van der Waals surface area contributed by atoms with Crippen molar-refractivity contribution in [2.45, 2.75) is 19.3 Å². The van der Waals surface area contributed by atoms with E-state index < -0.39 is 0 Å². The number of rotatable bonds is 4. The molecule has 6 aromatic rings. The predicted molar refractivity (Wildman–Crippen MR) is 162 cm³/mol. The Morgan fingerprint density at radius 2 is 1.11 bits per heavy atom. The van der Waals surface area contributed by atoms with Crippen LogP contribution in [0.3, 0.4) is 0 Å². The summed E-state index contributed by atoms with van der Waals surface area (Å²) in [5, 5.41) is 2.53. The van der Waals surface area contributed by atoms with E-state index in [1.165, 1.54) is 49.8 Å². The fourth-order valence-corrected chi connectivity index (χ4v) is 6.18. The van der Waals surface area contributed by atoms with Crippen LogP contribution in [0.15, 0.2) is 140 Å². The molecule has 0 saturated heterocycles. The topological polar surface area (TPSA) is 3.24 Å². The third-order valence-electron chi connectivity index (χ3n) is 8.02. The van der Waals surface area contributed by atoms with Crippen molar-refractivity contribution in [1.29, 1.82) is 0 Å². The molecule has 0 unspecified atom stereocenters. The van der Waals surface area contributed by atoms with Gasteiger partial charge in [0.25, 0.3) is 0 Å². The van der Waals surface area contributed by atoms with Crippen LogP contribution in [-0.4, -0.2) is 0 Å². The summed E-state index contributed by atoms with van der Waals surface area (Å²) in [6.07, 6.45) is 0. The summed E-state index contributed by atoms with van der Waals surface area (Å²) in [5.74, 6) is 0. The number of fused-ring (bicyclic) bond motifs is 4. The molecule has 38 heavy (non-hydrogen) atoms. The molecule has 7 rings (SSSR count). The Bertz CT molecular complexity index is 1780. The summed E-state index contributed by atoms with van der Waals surface area (Å²) in [4.78, 5) is 2.41. The van der Waals surface area contributed by atoms with Gasteiger partial charge in [0.15, 0.2) is 0 Å². The number of para-hydroxylation sites is 1. The molecule has 0 atom stereocenters. The highest BCUT2D eigenvalue weighted by Crippen LogP contribution is 2.54. The van der Waals surface area contributed by atoms with Gasteiger partial charge in [-0.15, -0.1) is 0 Å². The predicted octanol–water partition coefficient (Wildman–Crippen LogP) is 10.3. The Morgan fingerprint density at radius 1 is 0.474 bits per heavy atom. The van der Waals surface area contributed by atoms with Gasteiger partial charge in [0.1, 0.15) is 0 Å². The quantitative estimate of drug-likeness (QED) is 0.239. The molecule has 0 heterocycles. The fraction of sp³-hybridized carbons (Fsp3) is 0.0811. The Morgan fingerprint density at radius 3 is 1.92 bits per heavy atom. The van der Waals surface area contributed by atoms with Gasteiger partial charge in [-0.25, -0.2) is 0 Å². The number of benzene rings is 6. The van der Waals surface area contributed by atoms with E-state index in [4.69, 9.17) is 0 Å². The van der Waals surface area contributed by atoms with Crippen molar-refractivity contribution in [3.63, 3.8) is 0 Å². The van der Waals surface area contributed by atoms with E-state index in [0.29, 0.717) is 0 Å². The van der Waals surface area contributed by atoms with E-state index in [2.05, 4.69) is 158 Å². The second-order valence-corrected chi connectivity index (χ2v) is 10.7. The van der Waals surface area contributed by atoms with Crippen molar-refractivity contribution in [3.05, 3.63) is 151 Å². The monoisotopic (exact) mass is 487 g/mol. The van der Waals surface area contributed by atoms with Crippen molar-refractivity contribution in [1.82, 2.24) is 0 Å². The minimum atomic E-state index is -0.0966. The lowest BCUT2D eigenvalue weighted by atomic mass is 9.81. The van der Waals surface area contributed by atoms with Gasteiger partial charge in [-0.3, -0.25) is 0 Å². The summed E-state index contributed by atoms with van der Waals surface area (Å²) in [5.41, 5.74) is 11.3. The van der Waals surface area contributed by atoms with Crippen molar-refractivity contribution >= 4 is 27.8 Å². The minimum absolute atomic E-state index is 0.0966. The molecule has 1 heteroatoms. The van der Waals surface area contributed by atoms with Gasteiger partial charge in [0.05, 0.1) is 5.69 Å². The van der Waals surface area contributed by atoms with Crippen LogP contribution < -0.4 is 4.90 Å². The van der Waals surface area contributed by atoms with Crippen LogP contribution in [0.5, 0.6) is 0 Å². The van der Waals surface area contributed by atoms with Crippen LogP contribution in [0.1, 0.15) is 25.0 Å². The zero-order valence-electron chi connectivity index (χ0n) is 21.7. The Labute approximate surface area is 224 Å². The first-order chi connectivity index (χ1) is 18.6. The van der Waals surface area contributed by atoms with Crippen LogP contribution in [0.25, 0.3) is 33.0 Å². The maximum absolute atomic E-state index is 2.41. The first-order valence-corrected chi connectivity index (χ1v) is 13.3. The van der Waals surface area contributed by atoms with Crippen LogP contribution in [0, 0.1) is 0 Å². The van der Waals surface area contributed by atoms with Crippen LogP contribution >= 0.6 is 0 Å². The highest BCUT2D eigenvalue weighted by Gasteiger charge is 2.38. The first-order valence-electron chi connectivity index (χ1n) is 13.3. The van der Waals surface area contributed by atoms with Crippen LogP contribution in [0.4, 0.5) is 17.1 Å². The lowest BCUT2D eigenvalue weighted by Gasteiger charge is -2.32. The van der Waals surface area contributed by atoms with Gasteiger partial charge in [0.2, 0.25) is 0 Å². The molecule has 0 N–H and O–H groups in total. The standard InChI is InChI=1S/C37H29N/c1-37(2)34-17-9-8-15-32(34)33-16-10-18-35(36(33)37)38(30-13-4-3-5-14-30)31-23-21-27(22-24-31)29-20-19-26-11-6-7-12-28(26)25-29/h3-25H,1-2H3. The highest BCUT2D eigenvalue weighted by molar-refractivity contribution is 5.91. The SMILES string of the molecule is CC1(C)c2ccccc2-c2cccc(N(c3ccccc3)c3ccc(-c4ccc5ccccc5c4)cc3)c21. The zero-order chi connectivity index (χ0) is 25.7. The van der Waals surface area contributed by atoms with Gasteiger partial charge in [-0.1, -0.05) is 117 Å². The molecule has 1 nitrogen and oxygen atoms in total. The summed E-state index contributed by atoms with van der Waals surface area (Å²) in [6.45, 7) is 4.71. The second kappa shape index (κ2) is 8.75. The first kappa shape index (κ1) is 22.6. The zero-order valence-corrected chi connectivity index (χ0v) is 21.7. The van der Waals surface area contributed by atoms with Gasteiger partial charge in [0, 0.05) is 16.8 Å². The normalized spacial score (nSPS) is 13.2. The van der Waals surface area contributed by atoms with Gasteiger partial charge in [-0.05, 0) is 80.6 Å². The third-order valence-corrected chi connectivity index (χ3v) is 8.02. The molecule has 0 aliphatic heterocycles. The van der Waals surface area contributed by atoms with Crippen LogP contribution in [-0.2, 0) is 5.41 Å². The summed E-state index contributed by atoms with van der Waals surface area (Å²) in [7, 11) is 0. The summed E-state index contributed by atoms with van der Waals surface area (Å²) in [6, 6.07) is 50.6. The summed E-state index contributed by atoms with van der Waals surface area (Å²) < 4.78 is 0. The molecule has 1 aliphatic rings. The number of anilines is 3. The Balaban J connectivity index is 1.37. The third kappa shape index (κ3) is 3.55. The van der Waals surface area contributed by atoms with Gasteiger partial charge >= 0.3 is 0 Å². The van der Waals surface area contributed by atoms with Gasteiger partial charge in [-0.2, -0.15) is 0 Å². The minimum Gasteiger partial charge on any atom is -0.310 e. The van der Waals surface area contributed by atoms with Crippen LogP contribution in [0.2, 0.25) is 0 Å². The molecular formula is C37H29N. The molecule has 0 saturated carbocycles. The maximum atomic E-state index is 2.41. The van der Waals surface area contributed by atoms with Gasteiger partial charge < -0.3 is 4.90 Å². The lowest BCUT2D eigenvalue weighted by Crippen LogP contribution is -2.20. The average Bonchev–Trinajstić information content (AvgIpc) is 3.21. The van der Waals surface area contributed by atoms with E-state index >= 15 is 0 Å².